The molecule has 3 atom stereocenters. The molecule has 0 bridgehead atoms. The van der Waals surface area contributed by atoms with Crippen LogP contribution in [0.4, 0.5) is 10.8 Å². The zero-order valence-corrected chi connectivity index (χ0v) is 21.8. The molecule has 7 N–H and O–H groups in total. The topological polar surface area (TPSA) is 186 Å². The Bertz CT molecular complexity index is 1470. The van der Waals surface area contributed by atoms with E-state index >= 15 is 0 Å². The molecule has 1 aromatic carbocycles. The molecule has 0 saturated heterocycles. The van der Waals surface area contributed by atoms with Gasteiger partial charge in [-0.3, -0.25) is 14.4 Å². The number of aryl methyl sites for hydroxylation is 1. The third-order valence-electron chi connectivity index (χ3n) is 7.65. The smallest absolute Gasteiger partial charge is 0.255 e. The van der Waals surface area contributed by atoms with Crippen LogP contribution in [0.1, 0.15) is 35.2 Å². The largest absolute Gasteiger partial charge is 0.508 e. The summed E-state index contributed by atoms with van der Waals surface area (Å²) in [6.45, 7) is 2.05. The molecule has 5 rings (SSSR count). The van der Waals surface area contributed by atoms with Crippen LogP contribution in [0.25, 0.3) is 5.76 Å². The Morgan fingerprint density at radius 3 is 2.58 bits per heavy atom. The number of aliphatic hydroxyl groups is 3. The van der Waals surface area contributed by atoms with E-state index in [9.17, 15) is 34.8 Å². The summed E-state index contributed by atoms with van der Waals surface area (Å²) < 4.78 is 0. The Kier molecular flexibility index (Phi) is 5.99. The maximum atomic E-state index is 13.7. The number of carbonyl (C=O) groups is 3. The maximum Gasteiger partial charge on any atom is 0.255 e. The molecule has 0 unspecified atom stereocenters. The number of phenolic OH excluding ortho intramolecular Hbond substituents is 1. The van der Waals surface area contributed by atoms with Gasteiger partial charge in [-0.25, -0.2) is 4.98 Å². The van der Waals surface area contributed by atoms with Crippen molar-refractivity contribution < 1.29 is 34.8 Å². The number of aromatic hydroxyl groups is 1. The third kappa shape index (κ3) is 3.66. The normalized spacial score (nSPS) is 24.6. The van der Waals surface area contributed by atoms with Gasteiger partial charge < -0.3 is 36.4 Å². The van der Waals surface area contributed by atoms with E-state index < -0.39 is 52.0 Å². The SMILES string of the molecule is Cc1csc(NCc2cc(N(C)C)c3c(c2O)C(O)=C2C(=O)[C@]4(O)C(O)=C(C(N)=O)C(=O)C[C@@H]4C[C@@H]2C3)n1. The van der Waals surface area contributed by atoms with Gasteiger partial charge in [-0.05, 0) is 37.3 Å². The Morgan fingerprint density at radius 2 is 1.97 bits per heavy atom. The molecule has 38 heavy (non-hydrogen) atoms. The fraction of sp³-hybridized carbons (Fsp3) is 0.385. The van der Waals surface area contributed by atoms with Crippen molar-refractivity contribution in [3.05, 3.63) is 50.7 Å². The number of aliphatic hydroxyl groups excluding tert-OH is 2. The van der Waals surface area contributed by atoms with Gasteiger partial charge in [-0.2, -0.15) is 0 Å². The van der Waals surface area contributed by atoms with Gasteiger partial charge in [0.05, 0.1) is 11.3 Å². The Balaban J connectivity index is 1.64. The molecular weight excluding hydrogens is 512 g/mol. The Morgan fingerprint density at radius 1 is 1.26 bits per heavy atom. The highest BCUT2D eigenvalue weighted by molar-refractivity contribution is 7.13. The summed E-state index contributed by atoms with van der Waals surface area (Å²) >= 11 is 1.41. The number of nitrogens with one attached hydrogen (secondary N) is 1. The van der Waals surface area contributed by atoms with Crippen LogP contribution in [-0.2, 0) is 27.3 Å². The van der Waals surface area contributed by atoms with Crippen LogP contribution in [0.15, 0.2) is 28.4 Å². The van der Waals surface area contributed by atoms with Crippen LogP contribution in [0.3, 0.4) is 0 Å². The lowest BCUT2D eigenvalue weighted by atomic mass is 9.59. The monoisotopic (exact) mass is 540 g/mol. The van der Waals surface area contributed by atoms with Crippen LogP contribution in [0, 0.1) is 18.8 Å². The highest BCUT2D eigenvalue weighted by Gasteiger charge is 2.60. The molecule has 1 saturated carbocycles. The molecule has 12 heteroatoms. The first-order chi connectivity index (χ1) is 17.9. The molecule has 3 aliphatic rings. The van der Waals surface area contributed by atoms with Gasteiger partial charge >= 0.3 is 0 Å². The zero-order valence-electron chi connectivity index (χ0n) is 21.0. The van der Waals surface area contributed by atoms with E-state index in [0.29, 0.717) is 16.3 Å². The lowest BCUT2D eigenvalue weighted by molar-refractivity contribution is -0.147. The molecule has 11 nitrogen and oxygen atoms in total. The highest BCUT2D eigenvalue weighted by atomic mass is 32.1. The number of rotatable bonds is 5. The van der Waals surface area contributed by atoms with E-state index in [-0.39, 0.29) is 42.7 Å². The van der Waals surface area contributed by atoms with Crippen molar-refractivity contribution in [2.45, 2.75) is 38.3 Å². The lowest BCUT2D eigenvalue weighted by Crippen LogP contribution is -2.58. The van der Waals surface area contributed by atoms with Crippen molar-refractivity contribution in [1.29, 1.82) is 0 Å². The highest BCUT2D eigenvalue weighted by Crippen LogP contribution is 2.53. The van der Waals surface area contributed by atoms with Crippen molar-refractivity contribution in [3.8, 4) is 5.75 Å². The summed E-state index contributed by atoms with van der Waals surface area (Å²) in [5, 5.41) is 50.5. The van der Waals surface area contributed by atoms with Crippen LogP contribution in [0.5, 0.6) is 5.75 Å². The standard InChI is InChI=1S/C26H28N4O7S/c1-10-9-38-25(29-10)28-8-12-6-15(30(2)3)14-5-11-4-13-7-16(31)19(24(27)36)23(35)26(13,37)22(34)17(11)21(33)18(14)20(12)32/h6,9,11,13,32-33,35,37H,4-5,7-8H2,1-3H3,(H2,27,36)(H,28,29)/t11-,13+,26+/m1/s1. The minimum Gasteiger partial charge on any atom is -0.508 e. The lowest BCUT2D eigenvalue weighted by Gasteiger charge is -2.46. The predicted octanol–water partition coefficient (Wildman–Crippen LogP) is 1.87. The van der Waals surface area contributed by atoms with Gasteiger partial charge in [0.2, 0.25) is 5.78 Å². The average Bonchev–Trinajstić information content (AvgIpc) is 3.25. The van der Waals surface area contributed by atoms with Crippen molar-refractivity contribution >= 4 is 45.4 Å². The first-order valence-corrected chi connectivity index (χ1v) is 12.9. The minimum atomic E-state index is -2.59. The number of amides is 1. The summed E-state index contributed by atoms with van der Waals surface area (Å²) in [7, 11) is 3.65. The number of hydrogen-bond acceptors (Lipinski definition) is 11. The van der Waals surface area contributed by atoms with Crippen LogP contribution in [-0.4, -0.2) is 62.6 Å². The summed E-state index contributed by atoms with van der Waals surface area (Å²) in [6.07, 6.45) is -0.0211. The molecule has 3 aliphatic carbocycles. The number of thiazole rings is 1. The summed E-state index contributed by atoms with van der Waals surface area (Å²) in [5.41, 5.74) is 4.39. The zero-order chi connectivity index (χ0) is 27.7. The second-order valence-corrected chi connectivity index (χ2v) is 11.1. The van der Waals surface area contributed by atoms with E-state index in [2.05, 4.69) is 10.3 Å². The van der Waals surface area contributed by atoms with Gasteiger partial charge in [-0.15, -0.1) is 11.3 Å². The number of hydrogen-bond donors (Lipinski definition) is 6. The maximum absolute atomic E-state index is 13.7. The number of Topliss-reactive ketones (excluding diaryl/α,β-unsaturated/α-hetero) is 2. The molecule has 1 amide bonds. The van der Waals surface area contributed by atoms with Gasteiger partial charge in [0.25, 0.3) is 5.91 Å². The van der Waals surface area contributed by atoms with Gasteiger partial charge in [0.1, 0.15) is 22.8 Å². The number of nitrogens with zero attached hydrogens (tertiary/aromatic N) is 2. The first kappa shape index (κ1) is 25.7. The van der Waals surface area contributed by atoms with Crippen molar-refractivity contribution in [1.82, 2.24) is 4.98 Å². The molecule has 1 aromatic heterocycles. The molecular formula is C26H28N4O7S. The molecule has 1 heterocycles. The van der Waals surface area contributed by atoms with Gasteiger partial charge in [0.15, 0.2) is 16.5 Å². The van der Waals surface area contributed by atoms with E-state index in [1.165, 1.54) is 11.3 Å². The first-order valence-electron chi connectivity index (χ1n) is 12.0. The number of phenols is 1. The molecule has 0 radical (unpaired) electrons. The Hall–Kier alpha value is -3.90. The van der Waals surface area contributed by atoms with E-state index in [0.717, 1.165) is 11.4 Å². The third-order valence-corrected chi connectivity index (χ3v) is 8.57. The molecule has 1 fully saturated rings. The fourth-order valence-electron chi connectivity index (χ4n) is 5.86. The quantitative estimate of drug-likeness (QED) is 0.306. The number of carbonyl (C=O) groups excluding carboxylic acids is 3. The molecule has 0 spiro atoms. The molecule has 0 aliphatic heterocycles. The van der Waals surface area contributed by atoms with Gasteiger partial charge in [0, 0.05) is 55.2 Å². The van der Waals surface area contributed by atoms with Crippen LogP contribution >= 0.6 is 11.3 Å². The number of benzene rings is 1. The van der Waals surface area contributed by atoms with E-state index in [1.807, 2.05) is 31.3 Å². The number of ketones is 2. The number of aromatic nitrogens is 1. The van der Waals surface area contributed by atoms with Crippen molar-refractivity contribution in [2.24, 2.45) is 17.6 Å². The number of fused-ring (bicyclic) bond motifs is 3. The summed E-state index contributed by atoms with van der Waals surface area (Å²) in [4.78, 5) is 44.2. The minimum absolute atomic E-state index is 0.0652. The van der Waals surface area contributed by atoms with E-state index in [1.54, 1.807) is 6.07 Å². The van der Waals surface area contributed by atoms with Crippen molar-refractivity contribution in [3.63, 3.8) is 0 Å². The van der Waals surface area contributed by atoms with Gasteiger partial charge in [-0.1, -0.05) is 0 Å². The van der Waals surface area contributed by atoms with E-state index in [4.69, 9.17) is 5.73 Å². The molecule has 2 aromatic rings. The second kappa shape index (κ2) is 8.84. The number of primary amides is 1. The second-order valence-electron chi connectivity index (χ2n) is 10.2. The van der Waals surface area contributed by atoms with Crippen LogP contribution < -0.4 is 16.0 Å². The molecule has 200 valence electrons. The summed E-state index contributed by atoms with van der Waals surface area (Å²) in [5.74, 6) is -6.42. The number of anilines is 2. The Labute approximate surface area is 221 Å². The summed E-state index contributed by atoms with van der Waals surface area (Å²) in [6, 6.07) is 1.80. The van der Waals surface area contributed by atoms with Crippen molar-refractivity contribution in [2.75, 3.05) is 24.3 Å². The fourth-order valence-corrected chi connectivity index (χ4v) is 6.55. The predicted molar refractivity (Wildman–Crippen MR) is 140 cm³/mol. The van der Waals surface area contributed by atoms with Crippen LogP contribution in [0.2, 0.25) is 0 Å². The number of nitrogens with two attached hydrogens (primary N) is 1. The average molecular weight is 541 g/mol.